The number of aryl methyl sites for hydroxylation is 1. The van der Waals surface area contributed by atoms with E-state index in [0.29, 0.717) is 11.3 Å². The monoisotopic (exact) mass is 364 g/mol. The number of hydrogen-bond acceptors (Lipinski definition) is 3. The van der Waals surface area contributed by atoms with Crippen molar-refractivity contribution in [3.05, 3.63) is 52.0 Å². The zero-order valence-corrected chi connectivity index (χ0v) is 14.3. The molecule has 110 valence electrons. The van der Waals surface area contributed by atoms with Crippen molar-refractivity contribution in [2.45, 2.75) is 18.7 Å². The Hall–Kier alpha value is -1.46. The van der Waals surface area contributed by atoms with Gasteiger partial charge in [0.2, 0.25) is 0 Å². The van der Waals surface area contributed by atoms with E-state index in [4.69, 9.17) is 15.9 Å². The van der Waals surface area contributed by atoms with Crippen LogP contribution in [0.4, 0.5) is 0 Å². The summed E-state index contributed by atoms with van der Waals surface area (Å²) in [5, 5.41) is 7.83. The van der Waals surface area contributed by atoms with Gasteiger partial charge in [-0.1, -0.05) is 28.9 Å². The molecule has 0 saturated heterocycles. The van der Waals surface area contributed by atoms with E-state index in [2.05, 4.69) is 22.9 Å². The van der Waals surface area contributed by atoms with Gasteiger partial charge in [0.25, 0.3) is 0 Å². The molecule has 0 aromatic heterocycles. The van der Waals surface area contributed by atoms with Crippen molar-refractivity contribution in [2.75, 3.05) is 5.75 Å². The maximum absolute atomic E-state index is 7.83. The highest BCUT2D eigenvalue weighted by molar-refractivity contribution is 9.10. The van der Waals surface area contributed by atoms with Crippen LogP contribution < -0.4 is 10.5 Å². The Morgan fingerprint density at radius 2 is 2.05 bits per heavy atom. The van der Waals surface area contributed by atoms with Crippen LogP contribution in [0.2, 0.25) is 0 Å². The summed E-state index contributed by atoms with van der Waals surface area (Å²) in [6.45, 7) is 4.05. The molecule has 3 nitrogen and oxygen atoms in total. The molecule has 21 heavy (non-hydrogen) atoms. The Labute approximate surface area is 137 Å². The zero-order valence-electron chi connectivity index (χ0n) is 11.9. The number of benzene rings is 2. The van der Waals surface area contributed by atoms with Crippen molar-refractivity contribution in [2.24, 2.45) is 5.73 Å². The van der Waals surface area contributed by atoms with E-state index >= 15 is 0 Å². The first-order valence-corrected chi connectivity index (χ1v) is 8.35. The molecule has 0 atom stereocenters. The first-order valence-electron chi connectivity index (χ1n) is 6.57. The second kappa shape index (κ2) is 7.00. The van der Waals surface area contributed by atoms with Crippen molar-refractivity contribution >= 4 is 33.5 Å². The summed E-state index contributed by atoms with van der Waals surface area (Å²) in [5.74, 6) is 2.32. The van der Waals surface area contributed by atoms with E-state index in [-0.39, 0.29) is 5.84 Å². The quantitative estimate of drug-likeness (QED) is 0.448. The molecule has 0 aliphatic rings. The molecule has 0 aliphatic heterocycles. The van der Waals surface area contributed by atoms with E-state index in [1.54, 1.807) is 11.8 Å². The number of thioether (sulfide) groups is 1. The number of amidine groups is 1. The SMILES string of the molecule is CCSc1cccc(Oc2ccc(Br)cc2C)c1C(=N)N. The Morgan fingerprint density at radius 1 is 1.29 bits per heavy atom. The van der Waals surface area contributed by atoms with Gasteiger partial charge in [0.1, 0.15) is 17.3 Å². The summed E-state index contributed by atoms with van der Waals surface area (Å²) in [4.78, 5) is 0.970. The number of nitrogen functional groups attached to an aromatic ring is 1. The van der Waals surface area contributed by atoms with E-state index in [9.17, 15) is 0 Å². The Balaban J connectivity index is 2.43. The summed E-state index contributed by atoms with van der Waals surface area (Å²) in [6, 6.07) is 11.6. The predicted octanol–water partition coefficient (Wildman–Crippen LogP) is 4.95. The summed E-state index contributed by atoms with van der Waals surface area (Å²) >= 11 is 5.09. The number of nitrogens with two attached hydrogens (primary N) is 1. The minimum atomic E-state index is 0.0244. The molecular weight excluding hydrogens is 348 g/mol. The van der Waals surface area contributed by atoms with Crippen molar-refractivity contribution in [3.8, 4) is 11.5 Å². The molecule has 2 aromatic rings. The van der Waals surface area contributed by atoms with Gasteiger partial charge in [-0.2, -0.15) is 0 Å². The summed E-state index contributed by atoms with van der Waals surface area (Å²) in [5.41, 5.74) is 7.42. The highest BCUT2D eigenvalue weighted by atomic mass is 79.9. The largest absolute Gasteiger partial charge is 0.456 e. The van der Waals surface area contributed by atoms with Gasteiger partial charge in [-0.05, 0) is 48.6 Å². The van der Waals surface area contributed by atoms with Crippen molar-refractivity contribution in [1.29, 1.82) is 5.41 Å². The predicted molar refractivity (Wildman–Crippen MR) is 92.8 cm³/mol. The zero-order chi connectivity index (χ0) is 15.4. The fraction of sp³-hybridized carbons (Fsp3) is 0.188. The van der Waals surface area contributed by atoms with Gasteiger partial charge < -0.3 is 10.5 Å². The minimum Gasteiger partial charge on any atom is -0.456 e. The van der Waals surface area contributed by atoms with Gasteiger partial charge in [-0.15, -0.1) is 11.8 Å². The van der Waals surface area contributed by atoms with Gasteiger partial charge in [0.05, 0.1) is 5.56 Å². The van der Waals surface area contributed by atoms with E-state index in [1.807, 2.05) is 43.3 Å². The van der Waals surface area contributed by atoms with E-state index in [0.717, 1.165) is 26.4 Å². The van der Waals surface area contributed by atoms with Crippen LogP contribution in [-0.2, 0) is 0 Å². The molecule has 3 N–H and O–H groups in total. The van der Waals surface area contributed by atoms with Crippen LogP contribution >= 0.6 is 27.7 Å². The lowest BCUT2D eigenvalue weighted by Gasteiger charge is -2.15. The lowest BCUT2D eigenvalue weighted by atomic mass is 10.1. The molecule has 5 heteroatoms. The molecule has 2 aromatic carbocycles. The number of rotatable bonds is 5. The third kappa shape index (κ3) is 3.80. The van der Waals surface area contributed by atoms with Crippen LogP contribution in [0.15, 0.2) is 45.8 Å². The lowest BCUT2D eigenvalue weighted by Crippen LogP contribution is -2.14. The molecule has 0 amide bonds. The molecule has 0 fully saturated rings. The van der Waals surface area contributed by atoms with Gasteiger partial charge >= 0.3 is 0 Å². The second-order valence-corrected chi connectivity index (χ2v) is 6.71. The first kappa shape index (κ1) is 15.9. The molecule has 0 bridgehead atoms. The van der Waals surface area contributed by atoms with Crippen LogP contribution in [0, 0.1) is 12.3 Å². The standard InChI is InChI=1S/C16H17BrN2OS/c1-3-21-14-6-4-5-13(15(14)16(18)19)20-12-8-7-11(17)9-10(12)2/h4-9H,3H2,1-2H3,(H3,18,19). The third-order valence-corrected chi connectivity index (χ3v) is 4.35. The topological polar surface area (TPSA) is 59.1 Å². The van der Waals surface area contributed by atoms with Crippen LogP contribution in [0.5, 0.6) is 11.5 Å². The Morgan fingerprint density at radius 3 is 2.67 bits per heavy atom. The van der Waals surface area contributed by atoms with Crippen molar-refractivity contribution < 1.29 is 4.74 Å². The first-order chi connectivity index (χ1) is 10.0. The average molecular weight is 365 g/mol. The third-order valence-electron chi connectivity index (χ3n) is 2.91. The van der Waals surface area contributed by atoms with Gasteiger partial charge in [0, 0.05) is 9.37 Å². The van der Waals surface area contributed by atoms with Crippen molar-refractivity contribution in [1.82, 2.24) is 0 Å². The Bertz CT molecular complexity index is 673. The average Bonchev–Trinajstić information content (AvgIpc) is 2.42. The summed E-state index contributed by atoms with van der Waals surface area (Å²) < 4.78 is 7.00. The molecule has 0 saturated carbocycles. The van der Waals surface area contributed by atoms with E-state index in [1.165, 1.54) is 0 Å². The maximum Gasteiger partial charge on any atom is 0.139 e. The van der Waals surface area contributed by atoms with Crippen LogP contribution in [-0.4, -0.2) is 11.6 Å². The summed E-state index contributed by atoms with van der Waals surface area (Å²) in [6.07, 6.45) is 0. The van der Waals surface area contributed by atoms with Crippen LogP contribution in [0.1, 0.15) is 18.1 Å². The fourth-order valence-electron chi connectivity index (χ4n) is 1.98. The van der Waals surface area contributed by atoms with Crippen molar-refractivity contribution in [3.63, 3.8) is 0 Å². The van der Waals surface area contributed by atoms with E-state index < -0.39 is 0 Å². The Kier molecular flexibility index (Phi) is 5.31. The van der Waals surface area contributed by atoms with Crippen LogP contribution in [0.3, 0.4) is 0 Å². The smallest absolute Gasteiger partial charge is 0.139 e. The van der Waals surface area contributed by atoms with Gasteiger partial charge in [-0.3, -0.25) is 5.41 Å². The molecule has 0 heterocycles. The van der Waals surface area contributed by atoms with Gasteiger partial charge in [-0.25, -0.2) is 0 Å². The number of nitrogens with one attached hydrogen (secondary N) is 1. The molecule has 0 unspecified atom stereocenters. The summed E-state index contributed by atoms with van der Waals surface area (Å²) in [7, 11) is 0. The highest BCUT2D eigenvalue weighted by Gasteiger charge is 2.14. The normalized spacial score (nSPS) is 10.4. The number of hydrogen-bond donors (Lipinski definition) is 2. The number of halogens is 1. The molecule has 0 radical (unpaired) electrons. The highest BCUT2D eigenvalue weighted by Crippen LogP contribution is 2.34. The number of ether oxygens (including phenoxy) is 1. The van der Waals surface area contributed by atoms with Gasteiger partial charge in [0.15, 0.2) is 0 Å². The lowest BCUT2D eigenvalue weighted by molar-refractivity contribution is 0.476. The molecular formula is C16H17BrN2OS. The fourth-order valence-corrected chi connectivity index (χ4v) is 3.30. The maximum atomic E-state index is 7.83. The minimum absolute atomic E-state index is 0.0244. The molecule has 0 aliphatic carbocycles. The molecule has 2 rings (SSSR count). The molecule has 0 spiro atoms. The van der Waals surface area contributed by atoms with Crippen LogP contribution in [0.25, 0.3) is 0 Å². The second-order valence-electron chi connectivity index (χ2n) is 4.49.